The fourth-order valence-electron chi connectivity index (χ4n) is 3.02. The van der Waals surface area contributed by atoms with Crippen molar-refractivity contribution in [3.8, 4) is 16.9 Å². The molecule has 0 aliphatic heterocycles. The van der Waals surface area contributed by atoms with E-state index in [-0.39, 0.29) is 5.91 Å². The van der Waals surface area contributed by atoms with Crippen molar-refractivity contribution in [3.63, 3.8) is 0 Å². The zero-order chi connectivity index (χ0) is 19.7. The number of hydrogen-bond acceptors (Lipinski definition) is 7. The molecule has 4 rings (SSSR count). The summed E-state index contributed by atoms with van der Waals surface area (Å²) in [4.78, 5) is 21.3. The van der Waals surface area contributed by atoms with Crippen LogP contribution in [0.25, 0.3) is 11.1 Å². The fourth-order valence-corrected chi connectivity index (χ4v) is 4.09. The lowest BCUT2D eigenvalue weighted by molar-refractivity contribution is 0.102. The minimum Gasteiger partial charge on any atom is -0.494 e. The highest BCUT2D eigenvalue weighted by atomic mass is 35.5. The lowest BCUT2D eigenvalue weighted by Gasteiger charge is -2.21. The Morgan fingerprint density at radius 3 is 2.75 bits per heavy atom. The van der Waals surface area contributed by atoms with E-state index in [0.717, 1.165) is 23.5 Å². The molecule has 1 saturated carbocycles. The topological polar surface area (TPSA) is 89.9 Å². The predicted molar refractivity (Wildman–Crippen MR) is 108 cm³/mol. The number of nitrogens with zero attached hydrogens (tertiary/aromatic N) is 4. The van der Waals surface area contributed by atoms with Crippen LogP contribution in [0.5, 0.6) is 5.75 Å². The third-order valence-electron chi connectivity index (χ3n) is 4.74. The van der Waals surface area contributed by atoms with Crippen LogP contribution in [-0.4, -0.2) is 33.2 Å². The van der Waals surface area contributed by atoms with Gasteiger partial charge in [-0.25, -0.2) is 4.98 Å². The molecule has 144 valence electrons. The summed E-state index contributed by atoms with van der Waals surface area (Å²) in [6.45, 7) is 1.86. The number of aryl methyl sites for hydroxylation is 1. The molecule has 1 N–H and O–H groups in total. The van der Waals surface area contributed by atoms with Crippen molar-refractivity contribution in [2.75, 3.05) is 12.4 Å². The molecule has 9 heteroatoms. The smallest absolute Gasteiger partial charge is 0.259 e. The van der Waals surface area contributed by atoms with Crippen LogP contribution in [0, 0.1) is 6.92 Å². The maximum absolute atomic E-state index is 13.0. The zero-order valence-electron chi connectivity index (χ0n) is 15.4. The molecule has 0 saturated heterocycles. The number of amides is 1. The zero-order valence-corrected chi connectivity index (χ0v) is 17.0. The SMILES string of the molecule is COc1cnc(Cl)cc1-c1cc(C)ncc1C(=O)Nc1nnc(C2CCC2)s1. The number of aromatic nitrogens is 4. The number of halogens is 1. The van der Waals surface area contributed by atoms with E-state index >= 15 is 0 Å². The molecule has 0 unspecified atom stereocenters. The lowest BCUT2D eigenvalue weighted by atomic mass is 9.86. The Morgan fingerprint density at radius 1 is 1.21 bits per heavy atom. The van der Waals surface area contributed by atoms with Gasteiger partial charge < -0.3 is 4.74 Å². The van der Waals surface area contributed by atoms with Gasteiger partial charge in [0.1, 0.15) is 15.9 Å². The second-order valence-electron chi connectivity index (χ2n) is 6.61. The summed E-state index contributed by atoms with van der Waals surface area (Å²) < 4.78 is 5.40. The van der Waals surface area contributed by atoms with E-state index < -0.39 is 0 Å². The summed E-state index contributed by atoms with van der Waals surface area (Å²) >= 11 is 7.50. The van der Waals surface area contributed by atoms with E-state index in [9.17, 15) is 4.79 Å². The molecule has 0 radical (unpaired) electrons. The Morgan fingerprint density at radius 2 is 2.04 bits per heavy atom. The van der Waals surface area contributed by atoms with Gasteiger partial charge in [0.25, 0.3) is 5.91 Å². The summed E-state index contributed by atoms with van der Waals surface area (Å²) in [6.07, 6.45) is 6.57. The largest absolute Gasteiger partial charge is 0.494 e. The Kier molecular flexibility index (Phi) is 5.23. The van der Waals surface area contributed by atoms with Gasteiger partial charge in [0.05, 0.1) is 18.9 Å². The summed E-state index contributed by atoms with van der Waals surface area (Å²) in [6, 6.07) is 3.49. The van der Waals surface area contributed by atoms with Crippen molar-refractivity contribution in [3.05, 3.63) is 45.9 Å². The summed E-state index contributed by atoms with van der Waals surface area (Å²) in [7, 11) is 1.55. The second kappa shape index (κ2) is 7.81. The molecule has 1 aliphatic rings. The summed E-state index contributed by atoms with van der Waals surface area (Å²) in [5.41, 5.74) is 2.50. The molecule has 1 amide bonds. The number of pyridine rings is 2. The number of ether oxygens (including phenoxy) is 1. The van der Waals surface area contributed by atoms with Crippen molar-refractivity contribution in [1.29, 1.82) is 0 Å². The average Bonchev–Trinajstić information content (AvgIpc) is 3.07. The minimum absolute atomic E-state index is 0.311. The summed E-state index contributed by atoms with van der Waals surface area (Å²) in [5.74, 6) is 0.684. The van der Waals surface area contributed by atoms with Crippen LogP contribution in [0.2, 0.25) is 5.15 Å². The maximum Gasteiger partial charge on any atom is 0.259 e. The number of anilines is 1. The average molecular weight is 416 g/mol. The Hall–Kier alpha value is -2.58. The molecule has 0 spiro atoms. The Balaban J connectivity index is 1.67. The standard InChI is InChI=1S/C19H18ClN5O2S/c1-10-6-12(13-7-16(20)22-9-15(13)27-2)14(8-21-10)17(26)23-19-25-24-18(28-19)11-4-3-5-11/h6-9,11H,3-5H2,1-2H3,(H,23,25,26). The summed E-state index contributed by atoms with van der Waals surface area (Å²) in [5, 5.41) is 12.9. The third kappa shape index (κ3) is 3.70. The highest BCUT2D eigenvalue weighted by Crippen LogP contribution is 2.39. The molecule has 3 aromatic rings. The number of carbonyl (C=O) groups is 1. The van der Waals surface area contributed by atoms with Gasteiger partial charge >= 0.3 is 0 Å². The molecule has 28 heavy (non-hydrogen) atoms. The second-order valence-corrected chi connectivity index (χ2v) is 8.00. The van der Waals surface area contributed by atoms with Crippen molar-refractivity contribution >= 4 is 34.0 Å². The van der Waals surface area contributed by atoms with Gasteiger partial charge in [0.15, 0.2) is 0 Å². The van der Waals surface area contributed by atoms with E-state index in [1.54, 1.807) is 19.4 Å². The van der Waals surface area contributed by atoms with E-state index in [1.165, 1.54) is 24.0 Å². The van der Waals surface area contributed by atoms with E-state index in [4.69, 9.17) is 16.3 Å². The normalized spacial score (nSPS) is 13.8. The van der Waals surface area contributed by atoms with Gasteiger partial charge in [-0.1, -0.05) is 29.4 Å². The first-order valence-electron chi connectivity index (χ1n) is 8.86. The fraction of sp³-hybridized carbons (Fsp3) is 0.316. The van der Waals surface area contributed by atoms with Crippen LogP contribution in [0.3, 0.4) is 0 Å². The minimum atomic E-state index is -0.311. The first kappa shape index (κ1) is 18.8. The molecular weight excluding hydrogens is 398 g/mol. The van der Waals surface area contributed by atoms with Crippen molar-refractivity contribution in [2.45, 2.75) is 32.1 Å². The van der Waals surface area contributed by atoms with Crippen LogP contribution in [0.1, 0.15) is 46.2 Å². The van der Waals surface area contributed by atoms with Crippen molar-refractivity contribution in [2.24, 2.45) is 0 Å². The van der Waals surface area contributed by atoms with Crippen LogP contribution in [-0.2, 0) is 0 Å². The molecular formula is C19H18ClN5O2S. The van der Waals surface area contributed by atoms with Gasteiger partial charge in [0.2, 0.25) is 5.13 Å². The van der Waals surface area contributed by atoms with Crippen LogP contribution >= 0.6 is 22.9 Å². The quantitative estimate of drug-likeness (QED) is 0.617. The van der Waals surface area contributed by atoms with Gasteiger partial charge in [-0.05, 0) is 31.9 Å². The van der Waals surface area contributed by atoms with E-state index in [2.05, 4.69) is 25.5 Å². The number of carbonyl (C=O) groups excluding carboxylic acids is 1. The Labute approximate surface area is 171 Å². The number of hydrogen-bond donors (Lipinski definition) is 1. The molecule has 1 fully saturated rings. The van der Waals surface area contributed by atoms with Crippen molar-refractivity contribution < 1.29 is 9.53 Å². The van der Waals surface area contributed by atoms with Crippen molar-refractivity contribution in [1.82, 2.24) is 20.2 Å². The van der Waals surface area contributed by atoms with Gasteiger partial charge in [-0.2, -0.15) is 0 Å². The molecule has 0 atom stereocenters. The van der Waals surface area contributed by atoms with Crippen LogP contribution in [0.4, 0.5) is 5.13 Å². The van der Waals surface area contributed by atoms with Crippen LogP contribution < -0.4 is 10.1 Å². The predicted octanol–water partition coefficient (Wildman–Crippen LogP) is 4.49. The highest BCUT2D eigenvalue weighted by Gasteiger charge is 2.24. The first-order valence-corrected chi connectivity index (χ1v) is 10.1. The monoisotopic (exact) mass is 415 g/mol. The van der Waals surface area contributed by atoms with Gasteiger partial charge in [0, 0.05) is 28.9 Å². The molecule has 3 aromatic heterocycles. The maximum atomic E-state index is 13.0. The van der Waals surface area contributed by atoms with E-state index in [1.807, 2.05) is 13.0 Å². The van der Waals surface area contributed by atoms with Gasteiger partial charge in [-0.15, -0.1) is 10.2 Å². The molecule has 0 bridgehead atoms. The molecule has 1 aliphatic carbocycles. The molecule has 0 aromatic carbocycles. The lowest BCUT2D eigenvalue weighted by Crippen LogP contribution is -2.14. The number of methoxy groups -OCH3 is 1. The van der Waals surface area contributed by atoms with Crippen LogP contribution in [0.15, 0.2) is 24.5 Å². The molecule has 7 nitrogen and oxygen atoms in total. The van der Waals surface area contributed by atoms with Gasteiger partial charge in [-0.3, -0.25) is 15.1 Å². The Bertz CT molecular complexity index is 1030. The molecule has 3 heterocycles. The third-order valence-corrected chi connectivity index (χ3v) is 5.95. The first-order chi connectivity index (χ1) is 13.5. The number of nitrogens with one attached hydrogen (secondary N) is 1. The number of rotatable bonds is 5. The van der Waals surface area contributed by atoms with E-state index in [0.29, 0.717) is 38.6 Å². The highest BCUT2D eigenvalue weighted by molar-refractivity contribution is 7.15.